The molecule has 0 fully saturated rings. The Morgan fingerprint density at radius 1 is 1.09 bits per heavy atom. The van der Waals surface area contributed by atoms with Crippen LogP contribution in [0.4, 0.5) is 0 Å². The van der Waals surface area contributed by atoms with Crippen molar-refractivity contribution in [1.29, 1.82) is 0 Å². The fourth-order valence-corrected chi connectivity index (χ4v) is 1.64. The highest BCUT2D eigenvalue weighted by molar-refractivity contribution is 5.92. The van der Waals surface area contributed by atoms with Crippen molar-refractivity contribution >= 4 is 17.7 Å². The maximum atomic E-state index is 11.6. The lowest BCUT2D eigenvalue weighted by molar-refractivity contribution is -0.127. The Bertz CT molecular complexity index is 540. The van der Waals surface area contributed by atoms with Crippen LogP contribution in [0.3, 0.4) is 0 Å². The molecule has 120 valence electrons. The molecule has 0 aliphatic heterocycles. The van der Waals surface area contributed by atoms with E-state index in [1.54, 1.807) is 24.3 Å². The van der Waals surface area contributed by atoms with E-state index in [4.69, 9.17) is 11.5 Å². The molecular formula is C15H22N4O3. The zero-order valence-corrected chi connectivity index (χ0v) is 12.8. The molecule has 0 aromatic heterocycles. The predicted molar refractivity (Wildman–Crippen MR) is 82.6 cm³/mol. The summed E-state index contributed by atoms with van der Waals surface area (Å²) in [5.41, 5.74) is 12.0. The third kappa shape index (κ3) is 5.53. The molecular weight excluding hydrogens is 284 g/mol. The minimum Gasteiger partial charge on any atom is -0.366 e. The van der Waals surface area contributed by atoms with Gasteiger partial charge in [-0.3, -0.25) is 14.4 Å². The van der Waals surface area contributed by atoms with Gasteiger partial charge >= 0.3 is 0 Å². The molecule has 0 saturated carbocycles. The van der Waals surface area contributed by atoms with E-state index in [0.29, 0.717) is 12.1 Å². The Labute approximate surface area is 129 Å². The molecule has 0 aliphatic rings. The van der Waals surface area contributed by atoms with Gasteiger partial charge in [0.1, 0.15) is 0 Å². The van der Waals surface area contributed by atoms with E-state index in [1.807, 2.05) is 13.8 Å². The molecule has 0 unspecified atom stereocenters. The number of rotatable bonds is 7. The number of nitrogens with two attached hydrogens (primary N) is 2. The number of hydrogen-bond donors (Lipinski definition) is 4. The number of carbonyl (C=O) groups excluding carboxylic acids is 3. The maximum absolute atomic E-state index is 11.6. The van der Waals surface area contributed by atoms with Gasteiger partial charge in [0.15, 0.2) is 0 Å². The van der Waals surface area contributed by atoms with E-state index in [9.17, 15) is 14.4 Å². The minimum atomic E-state index is -0.630. The molecule has 1 aromatic carbocycles. The first-order chi connectivity index (χ1) is 10.3. The standard InChI is InChI=1S/C15H22N4O3/c1-9(2)13(16)15(22)19-8-12(20)18-7-10-3-5-11(6-4-10)14(17)21/h3-6,9,13H,7-8,16H2,1-2H3,(H2,17,21)(H,18,20)(H,19,22)/t13-/m0/s1. The second-order valence-corrected chi connectivity index (χ2v) is 5.33. The van der Waals surface area contributed by atoms with Gasteiger partial charge in [-0.2, -0.15) is 0 Å². The molecule has 0 heterocycles. The van der Waals surface area contributed by atoms with Gasteiger partial charge in [0, 0.05) is 12.1 Å². The summed E-state index contributed by atoms with van der Waals surface area (Å²) in [4.78, 5) is 34.2. The van der Waals surface area contributed by atoms with E-state index < -0.39 is 11.9 Å². The molecule has 1 atom stereocenters. The fraction of sp³-hybridized carbons (Fsp3) is 0.400. The third-order valence-electron chi connectivity index (χ3n) is 3.17. The van der Waals surface area contributed by atoms with Crippen LogP contribution in [-0.4, -0.2) is 30.3 Å². The van der Waals surface area contributed by atoms with Crippen molar-refractivity contribution in [3.63, 3.8) is 0 Å². The van der Waals surface area contributed by atoms with Crippen molar-refractivity contribution in [2.75, 3.05) is 6.54 Å². The van der Waals surface area contributed by atoms with Crippen LogP contribution in [0.1, 0.15) is 29.8 Å². The maximum Gasteiger partial charge on any atom is 0.248 e. The molecule has 0 saturated heterocycles. The van der Waals surface area contributed by atoms with E-state index in [1.165, 1.54) is 0 Å². The summed E-state index contributed by atoms with van der Waals surface area (Å²) >= 11 is 0. The first-order valence-electron chi connectivity index (χ1n) is 7.00. The average Bonchev–Trinajstić information content (AvgIpc) is 2.49. The van der Waals surface area contributed by atoms with Crippen molar-refractivity contribution < 1.29 is 14.4 Å². The Balaban J connectivity index is 2.37. The number of nitrogens with one attached hydrogen (secondary N) is 2. The summed E-state index contributed by atoms with van der Waals surface area (Å²) in [6.45, 7) is 3.84. The Morgan fingerprint density at radius 2 is 1.68 bits per heavy atom. The first-order valence-corrected chi connectivity index (χ1v) is 7.00. The van der Waals surface area contributed by atoms with Crippen LogP contribution in [0.2, 0.25) is 0 Å². The van der Waals surface area contributed by atoms with Crippen molar-refractivity contribution in [3.05, 3.63) is 35.4 Å². The summed E-state index contributed by atoms with van der Waals surface area (Å²) in [6, 6.07) is 5.95. The molecule has 1 aromatic rings. The Hall–Kier alpha value is -2.41. The highest BCUT2D eigenvalue weighted by atomic mass is 16.2. The lowest BCUT2D eigenvalue weighted by Gasteiger charge is -2.15. The van der Waals surface area contributed by atoms with Crippen molar-refractivity contribution in [3.8, 4) is 0 Å². The molecule has 6 N–H and O–H groups in total. The lowest BCUT2D eigenvalue weighted by Crippen LogP contribution is -2.47. The molecule has 0 aliphatic carbocycles. The van der Waals surface area contributed by atoms with E-state index in [0.717, 1.165) is 5.56 Å². The minimum absolute atomic E-state index is 0.00633. The monoisotopic (exact) mass is 306 g/mol. The summed E-state index contributed by atoms with van der Waals surface area (Å²) in [5.74, 6) is -1.16. The quantitative estimate of drug-likeness (QED) is 0.541. The molecule has 1 rings (SSSR count). The second kappa shape index (κ2) is 8.14. The summed E-state index contributed by atoms with van der Waals surface area (Å²) < 4.78 is 0. The Morgan fingerprint density at radius 3 is 2.18 bits per heavy atom. The van der Waals surface area contributed by atoms with Crippen molar-refractivity contribution in [2.24, 2.45) is 17.4 Å². The van der Waals surface area contributed by atoms with E-state index in [-0.39, 0.29) is 24.3 Å². The number of amides is 3. The molecule has 3 amide bonds. The van der Waals surface area contributed by atoms with Crippen LogP contribution in [-0.2, 0) is 16.1 Å². The zero-order valence-electron chi connectivity index (χ0n) is 12.8. The van der Waals surface area contributed by atoms with Crippen molar-refractivity contribution in [1.82, 2.24) is 10.6 Å². The van der Waals surface area contributed by atoms with Gasteiger partial charge < -0.3 is 22.1 Å². The van der Waals surface area contributed by atoms with Crippen LogP contribution < -0.4 is 22.1 Å². The molecule has 7 heteroatoms. The number of benzene rings is 1. The molecule has 0 radical (unpaired) electrons. The number of primary amides is 1. The fourth-order valence-electron chi connectivity index (χ4n) is 1.64. The second-order valence-electron chi connectivity index (χ2n) is 5.33. The third-order valence-corrected chi connectivity index (χ3v) is 3.17. The van der Waals surface area contributed by atoms with Gasteiger partial charge in [-0.1, -0.05) is 26.0 Å². The summed E-state index contributed by atoms with van der Waals surface area (Å²) in [5, 5.41) is 5.15. The van der Waals surface area contributed by atoms with Gasteiger partial charge in [0.2, 0.25) is 17.7 Å². The smallest absolute Gasteiger partial charge is 0.248 e. The van der Waals surface area contributed by atoms with Gasteiger partial charge in [-0.05, 0) is 23.6 Å². The highest BCUT2D eigenvalue weighted by Gasteiger charge is 2.17. The van der Waals surface area contributed by atoms with Gasteiger partial charge in [-0.25, -0.2) is 0 Å². The first kappa shape index (κ1) is 17.6. The summed E-state index contributed by atoms with van der Waals surface area (Å²) in [6.07, 6.45) is 0. The normalized spacial score (nSPS) is 11.8. The largest absolute Gasteiger partial charge is 0.366 e. The SMILES string of the molecule is CC(C)[C@H](N)C(=O)NCC(=O)NCc1ccc(C(N)=O)cc1. The number of carbonyl (C=O) groups is 3. The Kier molecular flexibility index (Phi) is 6.52. The lowest BCUT2D eigenvalue weighted by atomic mass is 10.1. The van der Waals surface area contributed by atoms with E-state index >= 15 is 0 Å². The molecule has 22 heavy (non-hydrogen) atoms. The van der Waals surface area contributed by atoms with E-state index in [2.05, 4.69) is 10.6 Å². The molecule has 7 nitrogen and oxygen atoms in total. The van der Waals surface area contributed by atoms with Crippen LogP contribution >= 0.6 is 0 Å². The van der Waals surface area contributed by atoms with Gasteiger partial charge in [-0.15, -0.1) is 0 Å². The average molecular weight is 306 g/mol. The van der Waals surface area contributed by atoms with Crippen LogP contribution in [0.15, 0.2) is 24.3 Å². The van der Waals surface area contributed by atoms with Crippen LogP contribution in [0.25, 0.3) is 0 Å². The molecule has 0 spiro atoms. The zero-order chi connectivity index (χ0) is 16.7. The van der Waals surface area contributed by atoms with Gasteiger partial charge in [0.25, 0.3) is 0 Å². The van der Waals surface area contributed by atoms with Crippen LogP contribution in [0, 0.1) is 5.92 Å². The highest BCUT2D eigenvalue weighted by Crippen LogP contribution is 2.03. The topological polar surface area (TPSA) is 127 Å². The van der Waals surface area contributed by atoms with Crippen LogP contribution in [0.5, 0.6) is 0 Å². The number of hydrogen-bond acceptors (Lipinski definition) is 4. The van der Waals surface area contributed by atoms with Crippen molar-refractivity contribution in [2.45, 2.75) is 26.4 Å². The summed E-state index contributed by atoms with van der Waals surface area (Å²) in [7, 11) is 0. The molecule has 0 bridgehead atoms. The van der Waals surface area contributed by atoms with Gasteiger partial charge in [0.05, 0.1) is 12.6 Å². The predicted octanol–water partition coefficient (Wildman–Crippen LogP) is -0.499.